The molecule has 2 aromatic carbocycles. The van der Waals surface area contributed by atoms with Gasteiger partial charge in [0.15, 0.2) is 23.0 Å². The molecule has 0 amide bonds. The molecular weight excluding hydrogens is 372 g/mol. The zero-order valence-electron chi connectivity index (χ0n) is 13.4. The molecule has 0 bridgehead atoms. The number of carbonyl (C=O) groups is 1. The second kappa shape index (κ2) is 6.13. The number of alkyl halides is 1. The molecule has 2 aliphatic rings. The third-order valence-corrected chi connectivity index (χ3v) is 5.06. The van der Waals surface area contributed by atoms with E-state index in [4.69, 9.17) is 14.2 Å². The van der Waals surface area contributed by atoms with E-state index in [1.165, 1.54) is 0 Å². The highest BCUT2D eigenvalue weighted by Gasteiger charge is 2.35. The van der Waals surface area contributed by atoms with Crippen molar-refractivity contribution in [2.75, 3.05) is 5.33 Å². The number of benzene rings is 2. The minimum absolute atomic E-state index is 0.269. The Bertz CT molecular complexity index is 829. The van der Waals surface area contributed by atoms with Crippen molar-refractivity contribution < 1.29 is 19.0 Å². The van der Waals surface area contributed by atoms with E-state index in [0.29, 0.717) is 29.4 Å². The number of ether oxygens (including phenoxy) is 3. The number of rotatable bonds is 4. The lowest BCUT2D eigenvalue weighted by molar-refractivity contribution is 0.0534. The van der Waals surface area contributed by atoms with E-state index in [2.05, 4.69) is 15.9 Å². The number of esters is 1. The maximum atomic E-state index is 12.2. The zero-order valence-corrected chi connectivity index (χ0v) is 14.9. The lowest BCUT2D eigenvalue weighted by atomic mass is 9.93. The van der Waals surface area contributed by atoms with Gasteiger partial charge < -0.3 is 14.2 Å². The average molecular weight is 389 g/mol. The summed E-state index contributed by atoms with van der Waals surface area (Å²) in [6, 6.07) is 7.59. The van der Waals surface area contributed by atoms with Crippen LogP contribution < -0.4 is 9.47 Å². The lowest BCUT2D eigenvalue weighted by Gasteiger charge is -2.26. The van der Waals surface area contributed by atoms with Crippen molar-refractivity contribution in [3.63, 3.8) is 0 Å². The third-order valence-electron chi connectivity index (χ3n) is 4.50. The average Bonchev–Trinajstić information content (AvgIpc) is 2.98. The van der Waals surface area contributed by atoms with Crippen molar-refractivity contribution >= 4 is 21.9 Å². The fourth-order valence-electron chi connectivity index (χ4n) is 3.31. The SMILES string of the molecule is Cc1c2c(c(CCCCBr)c3c1C(=O)OC3)Oc1ccccc1O2. The molecular formula is C19H17BrO4. The van der Waals surface area contributed by atoms with Crippen LogP contribution >= 0.6 is 15.9 Å². The lowest BCUT2D eigenvalue weighted by Crippen LogP contribution is -2.09. The van der Waals surface area contributed by atoms with E-state index >= 15 is 0 Å². The van der Waals surface area contributed by atoms with Crippen molar-refractivity contribution in [1.29, 1.82) is 0 Å². The predicted octanol–water partition coefficient (Wildman–Crippen LogP) is 5.28. The first-order valence-corrected chi connectivity index (χ1v) is 9.19. The van der Waals surface area contributed by atoms with E-state index in [-0.39, 0.29) is 5.97 Å². The summed E-state index contributed by atoms with van der Waals surface area (Å²) in [6.45, 7) is 2.21. The second-order valence-corrected chi connectivity index (χ2v) is 6.78. The van der Waals surface area contributed by atoms with Crippen LogP contribution in [0.15, 0.2) is 24.3 Å². The van der Waals surface area contributed by atoms with Crippen LogP contribution in [0, 0.1) is 6.92 Å². The number of hydrogen-bond acceptors (Lipinski definition) is 4. The molecule has 0 spiro atoms. The maximum Gasteiger partial charge on any atom is 0.339 e. The molecule has 2 aliphatic heterocycles. The summed E-state index contributed by atoms with van der Waals surface area (Å²) in [4.78, 5) is 12.2. The molecule has 5 heteroatoms. The second-order valence-electron chi connectivity index (χ2n) is 5.99. The van der Waals surface area contributed by atoms with Crippen LogP contribution in [-0.2, 0) is 17.8 Å². The minimum atomic E-state index is -0.269. The number of fused-ring (bicyclic) bond motifs is 3. The van der Waals surface area contributed by atoms with Crippen molar-refractivity contribution in [3.05, 3.63) is 46.5 Å². The van der Waals surface area contributed by atoms with Crippen molar-refractivity contribution in [2.45, 2.75) is 32.8 Å². The fraction of sp³-hybridized carbons (Fsp3) is 0.316. The number of para-hydroxylation sites is 2. The van der Waals surface area contributed by atoms with Gasteiger partial charge >= 0.3 is 5.97 Å². The van der Waals surface area contributed by atoms with Crippen LogP contribution in [0.3, 0.4) is 0 Å². The summed E-state index contributed by atoms with van der Waals surface area (Å²) in [7, 11) is 0. The molecule has 4 nitrogen and oxygen atoms in total. The number of cyclic esters (lactones) is 1. The van der Waals surface area contributed by atoms with Crippen LogP contribution in [0.4, 0.5) is 0 Å². The molecule has 0 N–H and O–H groups in total. The number of hydrogen-bond donors (Lipinski definition) is 0. The topological polar surface area (TPSA) is 44.8 Å². The van der Waals surface area contributed by atoms with Gasteiger partial charge in [0.2, 0.25) is 0 Å². The van der Waals surface area contributed by atoms with E-state index in [1.807, 2.05) is 31.2 Å². The van der Waals surface area contributed by atoms with Crippen molar-refractivity contribution in [3.8, 4) is 23.0 Å². The number of halogens is 1. The first kappa shape index (κ1) is 15.5. The number of carbonyl (C=O) groups excluding carboxylic acids is 1. The predicted molar refractivity (Wildman–Crippen MR) is 93.6 cm³/mol. The normalized spacial score (nSPS) is 14.2. The fourth-order valence-corrected chi connectivity index (χ4v) is 3.71. The van der Waals surface area contributed by atoms with Crippen LogP contribution in [0.25, 0.3) is 0 Å². The Morgan fingerprint density at radius 3 is 2.50 bits per heavy atom. The Labute approximate surface area is 148 Å². The molecule has 24 heavy (non-hydrogen) atoms. The largest absolute Gasteiger partial charge is 0.457 e. The molecule has 0 atom stereocenters. The molecule has 0 saturated carbocycles. The van der Waals surface area contributed by atoms with E-state index in [9.17, 15) is 4.79 Å². The molecule has 0 radical (unpaired) electrons. The molecule has 0 aromatic heterocycles. The van der Waals surface area contributed by atoms with Gasteiger partial charge in [-0.05, 0) is 38.3 Å². The van der Waals surface area contributed by atoms with Gasteiger partial charge in [-0.1, -0.05) is 28.1 Å². The quantitative estimate of drug-likeness (QED) is 0.346. The minimum Gasteiger partial charge on any atom is -0.457 e. The van der Waals surface area contributed by atoms with Crippen molar-refractivity contribution in [1.82, 2.24) is 0 Å². The van der Waals surface area contributed by atoms with Gasteiger partial charge in [0, 0.05) is 22.0 Å². The Morgan fingerprint density at radius 2 is 1.79 bits per heavy atom. The van der Waals surface area contributed by atoms with Gasteiger partial charge in [-0.3, -0.25) is 0 Å². The van der Waals surface area contributed by atoms with Gasteiger partial charge in [0.1, 0.15) is 6.61 Å². The Kier molecular flexibility index (Phi) is 3.96. The maximum absolute atomic E-state index is 12.2. The smallest absolute Gasteiger partial charge is 0.339 e. The molecule has 0 fully saturated rings. The Balaban J connectivity index is 1.86. The highest BCUT2D eigenvalue weighted by Crippen LogP contribution is 2.52. The van der Waals surface area contributed by atoms with Gasteiger partial charge in [0.05, 0.1) is 5.56 Å². The van der Waals surface area contributed by atoms with Crippen LogP contribution in [0.1, 0.15) is 39.9 Å². The number of unbranched alkanes of at least 4 members (excludes halogenated alkanes) is 1. The zero-order chi connectivity index (χ0) is 16.7. The molecule has 0 aliphatic carbocycles. The highest BCUT2D eigenvalue weighted by molar-refractivity contribution is 9.09. The van der Waals surface area contributed by atoms with E-state index < -0.39 is 0 Å². The molecule has 2 heterocycles. The monoisotopic (exact) mass is 388 g/mol. The van der Waals surface area contributed by atoms with Gasteiger partial charge in [0.25, 0.3) is 0 Å². The Hall–Kier alpha value is -2.01. The summed E-state index contributed by atoms with van der Waals surface area (Å²) in [5.41, 5.74) is 3.42. The summed E-state index contributed by atoms with van der Waals surface area (Å²) in [5, 5.41) is 0.957. The molecule has 124 valence electrons. The molecule has 2 aromatic rings. The van der Waals surface area contributed by atoms with Crippen LogP contribution in [-0.4, -0.2) is 11.3 Å². The van der Waals surface area contributed by atoms with E-state index in [1.54, 1.807) is 0 Å². The molecule has 4 rings (SSSR count). The summed E-state index contributed by atoms with van der Waals surface area (Å²) in [6.07, 6.45) is 2.90. The van der Waals surface area contributed by atoms with Crippen LogP contribution in [0.2, 0.25) is 0 Å². The Morgan fingerprint density at radius 1 is 1.08 bits per heavy atom. The van der Waals surface area contributed by atoms with E-state index in [0.717, 1.165) is 47.0 Å². The van der Waals surface area contributed by atoms with Crippen LogP contribution in [0.5, 0.6) is 23.0 Å². The van der Waals surface area contributed by atoms with Gasteiger partial charge in [-0.25, -0.2) is 4.79 Å². The molecule has 0 saturated heterocycles. The third kappa shape index (κ3) is 2.38. The standard InChI is InChI=1S/C19H17BrO4/c1-11-16-13(10-22-19(16)21)12(6-4-5-9-20)18-17(11)23-14-7-2-3-8-15(14)24-18/h2-3,7-8H,4-6,9-10H2,1H3. The summed E-state index contributed by atoms with van der Waals surface area (Å²) >= 11 is 3.47. The summed E-state index contributed by atoms with van der Waals surface area (Å²) < 4.78 is 17.6. The first-order chi connectivity index (χ1) is 11.7. The van der Waals surface area contributed by atoms with Gasteiger partial charge in [-0.15, -0.1) is 0 Å². The highest BCUT2D eigenvalue weighted by atomic mass is 79.9. The summed E-state index contributed by atoms with van der Waals surface area (Å²) in [5.74, 6) is 2.48. The van der Waals surface area contributed by atoms with Crippen molar-refractivity contribution in [2.24, 2.45) is 0 Å². The first-order valence-electron chi connectivity index (χ1n) is 8.07. The molecule has 0 unspecified atom stereocenters. The van der Waals surface area contributed by atoms with Gasteiger partial charge in [-0.2, -0.15) is 0 Å².